The van der Waals surface area contributed by atoms with E-state index in [0.29, 0.717) is 19.8 Å². The van der Waals surface area contributed by atoms with Crippen molar-refractivity contribution in [1.82, 2.24) is 0 Å². The number of quaternary nitrogens is 2. The molecule has 1 heterocycles. The maximum atomic E-state index is 11.9. The Labute approximate surface area is 146 Å². The van der Waals surface area contributed by atoms with Crippen LogP contribution in [0, 0.1) is 10.1 Å². The Balaban J connectivity index is 1.89. The molecule has 1 aromatic rings. The van der Waals surface area contributed by atoms with Crippen molar-refractivity contribution in [2.24, 2.45) is 0 Å². The predicted molar refractivity (Wildman–Crippen MR) is 87.0 cm³/mol. The van der Waals surface area contributed by atoms with Gasteiger partial charge in [0.15, 0.2) is 0 Å². The van der Waals surface area contributed by atoms with E-state index in [9.17, 15) is 15.2 Å². The molecule has 1 fully saturated rings. The molecule has 1 aliphatic rings. The molecule has 0 aliphatic carbocycles. The zero-order chi connectivity index (χ0) is 18.2. The van der Waals surface area contributed by atoms with Crippen molar-refractivity contribution in [2.75, 3.05) is 59.7 Å². The number of nitro benzene ring substituents is 1. The molecule has 0 bridgehead atoms. The summed E-state index contributed by atoms with van der Waals surface area (Å²) in [5.74, 6) is -0.655. The number of nitrogens with one attached hydrogen (secondary N) is 2. The molecule has 1 aliphatic heterocycles. The molecule has 25 heavy (non-hydrogen) atoms. The van der Waals surface area contributed by atoms with E-state index in [2.05, 4.69) is 0 Å². The fraction of sp³-hybridized carbons (Fsp3) is 0.625. The summed E-state index contributed by atoms with van der Waals surface area (Å²) in [6.07, 6.45) is 0. The van der Waals surface area contributed by atoms with Crippen molar-refractivity contribution in [2.45, 2.75) is 6.54 Å². The molecule has 0 saturated carbocycles. The second-order valence-electron chi connectivity index (χ2n) is 6.17. The first kappa shape index (κ1) is 19.4. The lowest BCUT2D eigenvalue weighted by Gasteiger charge is -2.29. The van der Waals surface area contributed by atoms with Gasteiger partial charge in [-0.05, 0) is 6.07 Å². The second-order valence-corrected chi connectivity index (χ2v) is 6.17. The highest BCUT2D eigenvalue weighted by Crippen LogP contribution is 2.34. The molecule has 2 rings (SSSR count). The fourth-order valence-electron chi connectivity index (χ4n) is 3.09. The first-order chi connectivity index (χ1) is 12.0. The van der Waals surface area contributed by atoms with E-state index < -0.39 is 16.4 Å². The van der Waals surface area contributed by atoms with E-state index in [0.717, 1.165) is 38.3 Å². The van der Waals surface area contributed by atoms with Gasteiger partial charge in [0.25, 0.3) is 5.69 Å². The fourth-order valence-corrected chi connectivity index (χ4v) is 3.09. The topological polar surface area (TPSA) is 114 Å². The number of aliphatic hydroxyl groups excluding tert-OH is 1. The SMILES string of the molecule is COc1cc(C[NH+]2CC[NH+](CCOCCO)CC2)cc([N+](=O)[O-])c1[O-]. The number of ether oxygens (including phenoxy) is 2. The molecule has 0 atom stereocenters. The first-order valence-corrected chi connectivity index (χ1v) is 8.43. The van der Waals surface area contributed by atoms with Crippen LogP contribution in [0.4, 0.5) is 5.69 Å². The van der Waals surface area contributed by atoms with Crippen molar-refractivity contribution < 1.29 is 34.4 Å². The van der Waals surface area contributed by atoms with Gasteiger partial charge in [-0.3, -0.25) is 10.1 Å². The third kappa shape index (κ3) is 5.53. The number of piperazine rings is 1. The van der Waals surface area contributed by atoms with Gasteiger partial charge in [0.2, 0.25) is 0 Å². The van der Waals surface area contributed by atoms with Crippen LogP contribution in [0.5, 0.6) is 11.5 Å². The van der Waals surface area contributed by atoms with Crippen LogP contribution in [0.15, 0.2) is 12.1 Å². The summed E-state index contributed by atoms with van der Waals surface area (Å²) < 4.78 is 10.3. The maximum Gasteiger partial charge on any atom is 0.265 e. The highest BCUT2D eigenvalue weighted by molar-refractivity contribution is 5.56. The second kappa shape index (κ2) is 9.52. The normalized spacial score (nSPS) is 20.4. The van der Waals surface area contributed by atoms with Gasteiger partial charge >= 0.3 is 0 Å². The van der Waals surface area contributed by atoms with Crippen LogP contribution in [-0.4, -0.2) is 69.7 Å². The number of aliphatic hydroxyl groups is 1. The minimum Gasteiger partial charge on any atom is -0.865 e. The Morgan fingerprint density at radius 2 is 1.88 bits per heavy atom. The number of nitrogens with zero attached hydrogens (tertiary/aromatic N) is 1. The van der Waals surface area contributed by atoms with Crippen molar-refractivity contribution in [3.05, 3.63) is 27.8 Å². The van der Waals surface area contributed by atoms with Gasteiger partial charge in [-0.25, -0.2) is 0 Å². The molecule has 0 radical (unpaired) electrons. The van der Waals surface area contributed by atoms with Crippen molar-refractivity contribution in [3.63, 3.8) is 0 Å². The average molecular weight is 356 g/mol. The standard InChI is InChI=1S/C16H25N3O6/c1-24-15-11-13(10-14(16(15)21)19(22)23)12-18-4-2-17(3-5-18)6-8-25-9-7-20/h10-11,20-21H,2-9,12H2,1H3/p+1. The van der Waals surface area contributed by atoms with Crippen LogP contribution in [0.1, 0.15) is 5.56 Å². The predicted octanol–water partition coefficient (Wildman–Crippen LogP) is -3.03. The summed E-state index contributed by atoms with van der Waals surface area (Å²) >= 11 is 0. The summed E-state index contributed by atoms with van der Waals surface area (Å²) in [4.78, 5) is 13.2. The Bertz CT molecular complexity index is 575. The highest BCUT2D eigenvalue weighted by atomic mass is 16.6. The maximum absolute atomic E-state index is 11.9. The summed E-state index contributed by atoms with van der Waals surface area (Å²) in [5, 5.41) is 31.6. The van der Waals surface area contributed by atoms with E-state index in [4.69, 9.17) is 14.6 Å². The van der Waals surface area contributed by atoms with Crippen molar-refractivity contribution >= 4 is 5.69 Å². The first-order valence-electron chi connectivity index (χ1n) is 8.43. The number of hydrogen-bond donors (Lipinski definition) is 3. The molecule has 0 amide bonds. The van der Waals surface area contributed by atoms with Crippen LogP contribution >= 0.6 is 0 Å². The highest BCUT2D eigenvalue weighted by Gasteiger charge is 2.24. The zero-order valence-corrected chi connectivity index (χ0v) is 14.5. The average Bonchev–Trinajstić information content (AvgIpc) is 2.61. The Morgan fingerprint density at radius 1 is 1.20 bits per heavy atom. The third-order valence-electron chi connectivity index (χ3n) is 4.47. The number of nitro groups is 1. The van der Waals surface area contributed by atoms with Crippen LogP contribution in [-0.2, 0) is 11.3 Å². The van der Waals surface area contributed by atoms with Gasteiger partial charge < -0.3 is 29.5 Å². The molecule has 0 unspecified atom stereocenters. The van der Waals surface area contributed by atoms with Crippen LogP contribution in [0.3, 0.4) is 0 Å². The van der Waals surface area contributed by atoms with Gasteiger partial charge in [0.1, 0.15) is 45.0 Å². The van der Waals surface area contributed by atoms with Crippen LogP contribution in [0.2, 0.25) is 0 Å². The van der Waals surface area contributed by atoms with E-state index in [1.165, 1.54) is 23.0 Å². The zero-order valence-electron chi connectivity index (χ0n) is 14.5. The van der Waals surface area contributed by atoms with Gasteiger partial charge in [0.05, 0.1) is 31.9 Å². The Kier molecular flexibility index (Phi) is 7.38. The lowest BCUT2D eigenvalue weighted by Crippen LogP contribution is -3.27. The summed E-state index contributed by atoms with van der Waals surface area (Å²) in [6, 6.07) is 2.96. The molecule has 0 aromatic heterocycles. The van der Waals surface area contributed by atoms with E-state index in [1.54, 1.807) is 6.07 Å². The molecule has 140 valence electrons. The summed E-state index contributed by atoms with van der Waals surface area (Å²) in [7, 11) is 1.35. The lowest BCUT2D eigenvalue weighted by molar-refractivity contribution is -1.02. The molecule has 9 heteroatoms. The van der Waals surface area contributed by atoms with Gasteiger partial charge in [0, 0.05) is 17.4 Å². The van der Waals surface area contributed by atoms with Gasteiger partial charge in [-0.1, -0.05) is 0 Å². The third-order valence-corrected chi connectivity index (χ3v) is 4.47. The molecule has 1 aromatic carbocycles. The number of methoxy groups -OCH3 is 1. The number of rotatable bonds is 9. The molecular weight excluding hydrogens is 330 g/mol. The monoisotopic (exact) mass is 356 g/mol. The lowest BCUT2D eigenvalue weighted by atomic mass is 10.1. The number of benzene rings is 1. The Hall–Kier alpha value is -1.94. The van der Waals surface area contributed by atoms with Crippen LogP contribution in [0.25, 0.3) is 0 Å². The quantitative estimate of drug-likeness (QED) is 0.246. The number of hydrogen-bond acceptors (Lipinski definition) is 6. The molecule has 9 nitrogen and oxygen atoms in total. The Morgan fingerprint density at radius 3 is 2.48 bits per heavy atom. The summed E-state index contributed by atoms with van der Waals surface area (Å²) in [5.41, 5.74) is 0.312. The smallest absolute Gasteiger partial charge is 0.265 e. The van der Waals surface area contributed by atoms with Gasteiger partial charge in [-0.15, -0.1) is 0 Å². The largest absolute Gasteiger partial charge is 0.865 e. The van der Waals surface area contributed by atoms with E-state index in [1.807, 2.05) is 0 Å². The van der Waals surface area contributed by atoms with Crippen molar-refractivity contribution in [3.8, 4) is 11.5 Å². The summed E-state index contributed by atoms with van der Waals surface area (Å²) in [6.45, 7) is 6.50. The van der Waals surface area contributed by atoms with Crippen molar-refractivity contribution in [1.29, 1.82) is 0 Å². The van der Waals surface area contributed by atoms with E-state index >= 15 is 0 Å². The van der Waals surface area contributed by atoms with Crippen LogP contribution < -0.4 is 19.6 Å². The molecule has 0 spiro atoms. The minimum absolute atomic E-state index is 0.0221. The molecular formula is C16H26N3O6+. The molecule has 3 N–H and O–H groups in total. The van der Waals surface area contributed by atoms with Gasteiger partial charge in [-0.2, -0.15) is 0 Å². The molecule has 1 saturated heterocycles. The minimum atomic E-state index is -0.677. The van der Waals surface area contributed by atoms with E-state index in [-0.39, 0.29) is 12.4 Å².